The van der Waals surface area contributed by atoms with E-state index in [-0.39, 0.29) is 34.4 Å². The number of hydrogen-bond donors (Lipinski definition) is 2. The van der Waals surface area contributed by atoms with Crippen LogP contribution in [0.1, 0.15) is 23.2 Å². The zero-order chi connectivity index (χ0) is 17.8. The molecule has 0 radical (unpaired) electrons. The maximum atomic E-state index is 12.5. The number of rotatable bonds is 7. The fraction of sp³-hybridized carbons (Fsp3) is 0.533. The Kier molecular flexibility index (Phi) is 8.11. The Morgan fingerprint density at radius 3 is 2.64 bits per heavy atom. The van der Waals surface area contributed by atoms with Gasteiger partial charge < -0.3 is 14.8 Å². The van der Waals surface area contributed by atoms with Crippen molar-refractivity contribution in [1.29, 1.82) is 0 Å². The monoisotopic (exact) mass is 412 g/mol. The SMILES string of the molecule is COCC1(CNS(=O)(=O)c2ccc(C(=O)OC)cc2Cl)CCCN1.Cl. The van der Waals surface area contributed by atoms with E-state index in [0.29, 0.717) is 6.61 Å². The number of sulfonamides is 1. The quantitative estimate of drug-likeness (QED) is 0.660. The highest BCUT2D eigenvalue weighted by Crippen LogP contribution is 2.24. The number of benzene rings is 1. The lowest BCUT2D eigenvalue weighted by Gasteiger charge is -2.28. The summed E-state index contributed by atoms with van der Waals surface area (Å²) in [4.78, 5) is 11.4. The molecule has 1 aromatic rings. The molecule has 0 bridgehead atoms. The maximum Gasteiger partial charge on any atom is 0.337 e. The van der Waals surface area contributed by atoms with E-state index >= 15 is 0 Å². The normalized spacial score (nSPS) is 20.1. The van der Waals surface area contributed by atoms with Gasteiger partial charge in [0.1, 0.15) is 4.90 Å². The second-order valence-electron chi connectivity index (χ2n) is 5.71. The van der Waals surface area contributed by atoms with Gasteiger partial charge in [0, 0.05) is 13.7 Å². The fourth-order valence-electron chi connectivity index (χ4n) is 2.74. The minimum atomic E-state index is -3.81. The molecule has 0 spiro atoms. The van der Waals surface area contributed by atoms with Gasteiger partial charge >= 0.3 is 5.97 Å². The molecule has 0 aliphatic carbocycles. The van der Waals surface area contributed by atoms with Gasteiger partial charge in [-0.3, -0.25) is 0 Å². The van der Waals surface area contributed by atoms with E-state index in [9.17, 15) is 13.2 Å². The number of halogens is 2. The third kappa shape index (κ3) is 5.29. The molecular weight excluding hydrogens is 391 g/mol. The van der Waals surface area contributed by atoms with Crippen molar-refractivity contribution in [2.45, 2.75) is 23.3 Å². The number of esters is 1. The van der Waals surface area contributed by atoms with Gasteiger partial charge in [-0.15, -0.1) is 12.4 Å². The Bertz CT molecular complexity index is 706. The van der Waals surface area contributed by atoms with Crippen LogP contribution < -0.4 is 10.0 Å². The van der Waals surface area contributed by atoms with Crippen LogP contribution in [0.15, 0.2) is 23.1 Å². The Labute approximate surface area is 158 Å². The number of methoxy groups -OCH3 is 2. The molecule has 25 heavy (non-hydrogen) atoms. The first-order valence-corrected chi connectivity index (χ1v) is 9.31. The standard InChI is InChI=1S/C15H21ClN2O5S.ClH/c1-22-10-15(6-3-7-17-15)9-18-24(20,21)13-5-4-11(8-12(13)16)14(19)23-2;/h4-5,8,17-18H,3,6-7,9-10H2,1-2H3;1H. The molecule has 2 rings (SSSR count). The van der Waals surface area contributed by atoms with E-state index in [2.05, 4.69) is 14.8 Å². The van der Waals surface area contributed by atoms with Crippen LogP contribution in [0, 0.1) is 0 Å². The first-order chi connectivity index (χ1) is 11.3. The molecule has 1 aromatic carbocycles. The summed E-state index contributed by atoms with van der Waals surface area (Å²) in [5.41, 5.74) is -0.227. The molecule has 1 atom stereocenters. The third-order valence-corrected chi connectivity index (χ3v) is 5.88. The summed E-state index contributed by atoms with van der Waals surface area (Å²) in [6.45, 7) is 1.42. The summed E-state index contributed by atoms with van der Waals surface area (Å²) in [6.07, 6.45) is 1.78. The van der Waals surface area contributed by atoms with E-state index in [1.165, 1.54) is 25.3 Å². The van der Waals surface area contributed by atoms with E-state index in [1.807, 2.05) is 0 Å². The molecule has 1 fully saturated rings. The van der Waals surface area contributed by atoms with E-state index in [1.54, 1.807) is 7.11 Å². The summed E-state index contributed by atoms with van der Waals surface area (Å²) in [7, 11) is -0.989. The van der Waals surface area contributed by atoms with Crippen molar-refractivity contribution in [2.75, 3.05) is 33.9 Å². The summed E-state index contributed by atoms with van der Waals surface area (Å²) in [5, 5.41) is 3.26. The topological polar surface area (TPSA) is 93.7 Å². The highest BCUT2D eigenvalue weighted by atomic mass is 35.5. The summed E-state index contributed by atoms with van der Waals surface area (Å²) >= 11 is 6.04. The van der Waals surface area contributed by atoms with Crippen molar-refractivity contribution in [3.8, 4) is 0 Å². The Morgan fingerprint density at radius 1 is 1.40 bits per heavy atom. The highest BCUT2D eigenvalue weighted by molar-refractivity contribution is 7.89. The molecule has 0 saturated carbocycles. The molecule has 1 heterocycles. The number of ether oxygens (including phenoxy) is 2. The fourth-order valence-corrected chi connectivity index (χ4v) is 4.41. The van der Waals surface area contributed by atoms with Gasteiger partial charge in [0.15, 0.2) is 0 Å². The van der Waals surface area contributed by atoms with Crippen LogP contribution in [0.25, 0.3) is 0 Å². The number of hydrogen-bond acceptors (Lipinski definition) is 6. The van der Waals surface area contributed by atoms with Gasteiger partial charge in [0.05, 0.1) is 29.8 Å². The number of nitrogens with one attached hydrogen (secondary N) is 2. The molecule has 1 aliphatic rings. The van der Waals surface area contributed by atoms with Gasteiger partial charge in [-0.25, -0.2) is 17.9 Å². The van der Waals surface area contributed by atoms with Crippen LogP contribution in [0.5, 0.6) is 0 Å². The summed E-state index contributed by atoms with van der Waals surface area (Å²) < 4.78 is 37.4. The van der Waals surface area contributed by atoms with Crippen LogP contribution in [0.4, 0.5) is 0 Å². The van der Waals surface area contributed by atoms with Crippen molar-refractivity contribution in [1.82, 2.24) is 10.0 Å². The van der Waals surface area contributed by atoms with Crippen molar-refractivity contribution in [2.24, 2.45) is 0 Å². The molecule has 0 aromatic heterocycles. The predicted molar refractivity (Wildman–Crippen MR) is 97.1 cm³/mol. The molecule has 7 nitrogen and oxygen atoms in total. The van der Waals surface area contributed by atoms with Gasteiger partial charge in [-0.05, 0) is 37.6 Å². The average molecular weight is 413 g/mol. The third-order valence-electron chi connectivity index (χ3n) is 4.00. The second kappa shape index (κ2) is 9.16. The largest absolute Gasteiger partial charge is 0.465 e. The van der Waals surface area contributed by atoms with Crippen LogP contribution in [-0.2, 0) is 19.5 Å². The average Bonchev–Trinajstić information content (AvgIpc) is 3.01. The maximum absolute atomic E-state index is 12.5. The van der Waals surface area contributed by atoms with Gasteiger partial charge in [-0.1, -0.05) is 11.6 Å². The van der Waals surface area contributed by atoms with E-state index < -0.39 is 21.5 Å². The number of carbonyl (C=O) groups is 1. The lowest BCUT2D eigenvalue weighted by molar-refractivity contribution is 0.0600. The minimum Gasteiger partial charge on any atom is -0.465 e. The van der Waals surface area contributed by atoms with Crippen LogP contribution in [0.2, 0.25) is 5.02 Å². The Hall–Kier alpha value is -0.900. The van der Waals surface area contributed by atoms with Gasteiger partial charge in [0.2, 0.25) is 10.0 Å². The first kappa shape index (κ1) is 22.1. The van der Waals surface area contributed by atoms with Crippen molar-refractivity contribution >= 4 is 40.0 Å². The molecule has 1 saturated heterocycles. The molecule has 142 valence electrons. The second-order valence-corrected chi connectivity index (χ2v) is 7.85. The molecular formula is C15H22Cl2N2O5S. The van der Waals surface area contributed by atoms with Crippen molar-refractivity contribution in [3.05, 3.63) is 28.8 Å². The zero-order valence-corrected chi connectivity index (χ0v) is 16.4. The first-order valence-electron chi connectivity index (χ1n) is 7.45. The minimum absolute atomic E-state index is 0. The van der Waals surface area contributed by atoms with E-state index in [4.69, 9.17) is 16.3 Å². The Balaban J connectivity index is 0.00000312. The summed E-state index contributed by atoms with van der Waals surface area (Å²) in [5.74, 6) is -0.581. The molecule has 2 N–H and O–H groups in total. The van der Waals surface area contributed by atoms with E-state index in [0.717, 1.165) is 19.4 Å². The number of carbonyl (C=O) groups excluding carboxylic acids is 1. The lowest BCUT2D eigenvalue weighted by atomic mass is 9.99. The highest BCUT2D eigenvalue weighted by Gasteiger charge is 2.35. The zero-order valence-electron chi connectivity index (χ0n) is 14.0. The molecule has 0 amide bonds. The lowest BCUT2D eigenvalue weighted by Crippen LogP contribution is -2.52. The summed E-state index contributed by atoms with van der Waals surface area (Å²) in [6, 6.07) is 3.94. The smallest absolute Gasteiger partial charge is 0.337 e. The van der Waals surface area contributed by atoms with Crippen LogP contribution >= 0.6 is 24.0 Å². The van der Waals surface area contributed by atoms with Crippen LogP contribution in [-0.4, -0.2) is 53.8 Å². The molecule has 1 aliphatic heterocycles. The van der Waals surface area contributed by atoms with Gasteiger partial charge in [0.25, 0.3) is 0 Å². The molecule has 10 heteroatoms. The Morgan fingerprint density at radius 2 is 2.12 bits per heavy atom. The van der Waals surface area contributed by atoms with Gasteiger partial charge in [-0.2, -0.15) is 0 Å². The predicted octanol–water partition coefficient (Wildman–Crippen LogP) is 1.60. The van der Waals surface area contributed by atoms with Crippen molar-refractivity contribution < 1.29 is 22.7 Å². The van der Waals surface area contributed by atoms with Crippen LogP contribution in [0.3, 0.4) is 0 Å². The molecule has 1 unspecified atom stereocenters. The van der Waals surface area contributed by atoms with Crippen molar-refractivity contribution in [3.63, 3.8) is 0 Å².